The molecule has 2 aromatic rings. The second-order valence-electron chi connectivity index (χ2n) is 6.33. The van der Waals surface area contributed by atoms with Gasteiger partial charge in [0.15, 0.2) is 0 Å². The van der Waals surface area contributed by atoms with Crippen LogP contribution in [0, 0.1) is 0 Å². The lowest BCUT2D eigenvalue weighted by molar-refractivity contribution is 0.0260. The van der Waals surface area contributed by atoms with Crippen molar-refractivity contribution in [3.05, 3.63) is 59.7 Å². The van der Waals surface area contributed by atoms with Crippen molar-refractivity contribution in [1.82, 2.24) is 14.9 Å². The zero-order chi connectivity index (χ0) is 19.6. The molecule has 0 spiro atoms. The molecular formula is C20H23N3O4. The Labute approximate surface area is 158 Å². The van der Waals surface area contributed by atoms with Crippen molar-refractivity contribution in [3.8, 4) is 11.5 Å². The maximum absolute atomic E-state index is 13.2. The van der Waals surface area contributed by atoms with Gasteiger partial charge < -0.3 is 14.4 Å². The molecule has 0 aromatic heterocycles. The summed E-state index contributed by atoms with van der Waals surface area (Å²) < 4.78 is 11.0. The summed E-state index contributed by atoms with van der Waals surface area (Å²) in [5.74, 6) is 1.38. The van der Waals surface area contributed by atoms with Gasteiger partial charge >= 0.3 is 12.1 Å². The Morgan fingerprint density at radius 3 is 1.96 bits per heavy atom. The molecule has 0 fully saturated rings. The minimum absolute atomic E-state index is 0.184. The summed E-state index contributed by atoms with van der Waals surface area (Å²) >= 11 is 0. The second-order valence-corrected chi connectivity index (χ2v) is 6.33. The molecule has 0 atom stereocenters. The first-order chi connectivity index (χ1) is 13.0. The molecule has 3 amide bonds. The van der Waals surface area contributed by atoms with E-state index in [1.54, 1.807) is 28.1 Å². The fourth-order valence-electron chi connectivity index (χ4n) is 3.16. The van der Waals surface area contributed by atoms with E-state index in [1.165, 1.54) is 9.91 Å². The number of hydrogen-bond acceptors (Lipinski definition) is 5. The molecule has 7 nitrogen and oxygen atoms in total. The number of fused-ring (bicyclic) bond motifs is 2. The summed E-state index contributed by atoms with van der Waals surface area (Å²) in [4.78, 5) is 27.0. The lowest BCUT2D eigenvalue weighted by Gasteiger charge is -2.37. The molecule has 27 heavy (non-hydrogen) atoms. The average molecular weight is 369 g/mol. The van der Waals surface area contributed by atoms with Gasteiger partial charge in [-0.05, 0) is 19.1 Å². The Hall–Kier alpha value is -3.06. The normalized spacial score (nSPS) is 12.6. The number of hydrogen-bond donors (Lipinski definition) is 0. The van der Waals surface area contributed by atoms with Gasteiger partial charge in [-0.25, -0.2) is 14.6 Å². The molecule has 1 aliphatic heterocycles. The van der Waals surface area contributed by atoms with Crippen LogP contribution in [0.1, 0.15) is 24.1 Å². The number of benzene rings is 2. The molecular weight excluding hydrogens is 346 g/mol. The van der Waals surface area contributed by atoms with Gasteiger partial charge in [0.2, 0.25) is 0 Å². The Kier molecular flexibility index (Phi) is 5.32. The van der Waals surface area contributed by atoms with E-state index >= 15 is 0 Å². The first-order valence-corrected chi connectivity index (χ1v) is 8.72. The molecule has 0 bridgehead atoms. The van der Waals surface area contributed by atoms with Crippen molar-refractivity contribution >= 4 is 12.1 Å². The number of ether oxygens (including phenoxy) is 2. The van der Waals surface area contributed by atoms with Crippen LogP contribution < -0.4 is 4.74 Å². The molecule has 7 heteroatoms. The predicted octanol–water partition coefficient (Wildman–Crippen LogP) is 3.87. The summed E-state index contributed by atoms with van der Waals surface area (Å²) in [5.41, 5.74) is 1.71. The van der Waals surface area contributed by atoms with Gasteiger partial charge in [-0.15, -0.1) is 0 Å². The Morgan fingerprint density at radius 1 is 0.963 bits per heavy atom. The molecule has 0 unspecified atom stereocenters. The standard InChI is InChI=1S/C20H23N3O4/c1-5-26-20(25)23(21(2)3)19(24)22(4)18-14-10-6-8-12-16(14)27-17-13-9-7-11-15(17)18/h6-13,18H,5H2,1-4H3. The number of nitrogens with zero attached hydrogens (tertiary/aromatic N) is 3. The number of carbonyl (C=O) groups excluding carboxylic acids is 2. The van der Waals surface area contributed by atoms with Gasteiger partial charge in [0.25, 0.3) is 0 Å². The van der Waals surface area contributed by atoms with Crippen LogP contribution in [-0.2, 0) is 4.74 Å². The van der Waals surface area contributed by atoms with E-state index in [4.69, 9.17) is 9.47 Å². The summed E-state index contributed by atoms with van der Waals surface area (Å²) in [6.45, 7) is 1.88. The molecule has 1 aliphatic rings. The molecule has 142 valence electrons. The number of carbonyl (C=O) groups is 2. The molecule has 2 aromatic carbocycles. The Balaban J connectivity index is 2.02. The maximum Gasteiger partial charge on any atom is 0.433 e. The van der Waals surface area contributed by atoms with Crippen molar-refractivity contribution in [3.63, 3.8) is 0 Å². The summed E-state index contributed by atoms with van der Waals surface area (Å²) in [5, 5.41) is 2.39. The third-order valence-corrected chi connectivity index (χ3v) is 4.36. The minimum atomic E-state index is -0.715. The van der Waals surface area contributed by atoms with Gasteiger partial charge in [-0.3, -0.25) is 0 Å². The van der Waals surface area contributed by atoms with Crippen LogP contribution in [0.5, 0.6) is 11.5 Å². The molecule has 0 saturated heterocycles. The fraction of sp³-hybridized carbons (Fsp3) is 0.300. The second kappa shape index (κ2) is 7.67. The Morgan fingerprint density at radius 2 is 1.48 bits per heavy atom. The highest BCUT2D eigenvalue weighted by Crippen LogP contribution is 2.45. The molecule has 0 saturated carbocycles. The lowest BCUT2D eigenvalue weighted by atomic mass is 9.93. The van der Waals surface area contributed by atoms with E-state index < -0.39 is 18.2 Å². The quantitative estimate of drug-likeness (QED) is 0.769. The number of amides is 3. The van der Waals surface area contributed by atoms with Crippen molar-refractivity contribution in [2.75, 3.05) is 27.7 Å². The minimum Gasteiger partial charge on any atom is -0.457 e. The van der Waals surface area contributed by atoms with Gasteiger partial charge in [-0.2, -0.15) is 5.01 Å². The zero-order valence-corrected chi connectivity index (χ0v) is 15.9. The first-order valence-electron chi connectivity index (χ1n) is 8.72. The Bertz CT molecular complexity index is 807. The van der Waals surface area contributed by atoms with Gasteiger partial charge in [-0.1, -0.05) is 36.4 Å². The zero-order valence-electron chi connectivity index (χ0n) is 15.9. The fourth-order valence-corrected chi connectivity index (χ4v) is 3.16. The average Bonchev–Trinajstić information content (AvgIpc) is 2.65. The SMILES string of the molecule is CCOC(=O)N(C(=O)N(C)C1c2ccccc2Oc2ccccc21)N(C)C. The van der Waals surface area contributed by atoms with E-state index in [0.29, 0.717) is 11.5 Å². The number of urea groups is 1. The highest BCUT2D eigenvalue weighted by molar-refractivity contribution is 5.90. The highest BCUT2D eigenvalue weighted by atomic mass is 16.6. The van der Waals surface area contributed by atoms with Crippen LogP contribution in [0.25, 0.3) is 0 Å². The molecule has 3 rings (SSSR count). The first kappa shape index (κ1) is 18.7. The largest absolute Gasteiger partial charge is 0.457 e. The highest BCUT2D eigenvalue weighted by Gasteiger charge is 2.37. The summed E-state index contributed by atoms with van der Waals surface area (Å²) in [6, 6.07) is 14.3. The number of rotatable bonds is 3. The van der Waals surface area contributed by atoms with Crippen LogP contribution >= 0.6 is 0 Å². The van der Waals surface area contributed by atoms with Crippen molar-refractivity contribution in [2.24, 2.45) is 0 Å². The monoisotopic (exact) mass is 369 g/mol. The van der Waals surface area contributed by atoms with Crippen LogP contribution in [0.3, 0.4) is 0 Å². The number of para-hydroxylation sites is 2. The molecule has 0 aliphatic carbocycles. The number of imide groups is 1. The van der Waals surface area contributed by atoms with E-state index in [2.05, 4.69) is 0 Å². The van der Waals surface area contributed by atoms with Gasteiger partial charge in [0, 0.05) is 32.3 Å². The maximum atomic E-state index is 13.2. The summed E-state index contributed by atoms with van der Waals surface area (Å²) in [7, 11) is 4.91. The van der Waals surface area contributed by atoms with Crippen molar-refractivity contribution in [2.45, 2.75) is 13.0 Å². The smallest absolute Gasteiger partial charge is 0.433 e. The molecule has 0 N–H and O–H groups in total. The van der Waals surface area contributed by atoms with Crippen molar-refractivity contribution < 1.29 is 19.1 Å². The molecule has 1 heterocycles. The summed E-state index contributed by atoms with van der Waals surface area (Å²) in [6.07, 6.45) is -0.715. The van der Waals surface area contributed by atoms with Gasteiger partial charge in [0.1, 0.15) is 11.5 Å². The van der Waals surface area contributed by atoms with Crippen LogP contribution in [0.4, 0.5) is 9.59 Å². The van der Waals surface area contributed by atoms with Crippen LogP contribution in [0.15, 0.2) is 48.5 Å². The van der Waals surface area contributed by atoms with Crippen molar-refractivity contribution in [1.29, 1.82) is 0 Å². The van der Waals surface area contributed by atoms with E-state index in [1.807, 2.05) is 48.5 Å². The number of hydrazine groups is 1. The lowest BCUT2D eigenvalue weighted by Crippen LogP contribution is -2.52. The van der Waals surface area contributed by atoms with E-state index in [0.717, 1.165) is 16.1 Å². The van der Waals surface area contributed by atoms with Crippen LogP contribution in [0.2, 0.25) is 0 Å². The predicted molar refractivity (Wildman–Crippen MR) is 101 cm³/mol. The van der Waals surface area contributed by atoms with E-state index in [9.17, 15) is 9.59 Å². The topological polar surface area (TPSA) is 62.3 Å². The molecule has 0 radical (unpaired) electrons. The van der Waals surface area contributed by atoms with Crippen LogP contribution in [-0.4, -0.2) is 54.8 Å². The van der Waals surface area contributed by atoms with E-state index in [-0.39, 0.29) is 6.61 Å². The third-order valence-electron chi connectivity index (χ3n) is 4.36. The third kappa shape index (κ3) is 3.46. The van der Waals surface area contributed by atoms with Gasteiger partial charge in [0.05, 0.1) is 12.6 Å².